The molecule has 0 amide bonds. The first-order valence-electron chi connectivity index (χ1n) is 6.73. The van der Waals surface area contributed by atoms with Gasteiger partial charge in [0.1, 0.15) is 17.8 Å². The molecule has 1 saturated heterocycles. The van der Waals surface area contributed by atoms with Gasteiger partial charge >= 0.3 is 5.97 Å². The van der Waals surface area contributed by atoms with Crippen molar-refractivity contribution in [3.63, 3.8) is 0 Å². The Morgan fingerprint density at radius 3 is 2.89 bits per heavy atom. The lowest BCUT2D eigenvalue weighted by molar-refractivity contribution is -0.159. The van der Waals surface area contributed by atoms with Crippen LogP contribution in [-0.4, -0.2) is 39.4 Å². The van der Waals surface area contributed by atoms with E-state index >= 15 is 0 Å². The van der Waals surface area contributed by atoms with Gasteiger partial charge in [0, 0.05) is 25.6 Å². The molecular formula is C13H22N4O2. The maximum atomic E-state index is 12.2. The van der Waals surface area contributed by atoms with Gasteiger partial charge in [-0.2, -0.15) is 5.10 Å². The van der Waals surface area contributed by atoms with Crippen LogP contribution >= 0.6 is 0 Å². The quantitative estimate of drug-likeness (QED) is 0.825. The zero-order valence-corrected chi connectivity index (χ0v) is 12.0. The third-order valence-electron chi connectivity index (χ3n) is 3.20. The molecule has 1 N–H and O–H groups in total. The number of hydrogen-bond acceptors (Lipinski definition) is 5. The summed E-state index contributed by atoms with van der Waals surface area (Å²) in [6.07, 6.45) is 1.54. The van der Waals surface area contributed by atoms with Gasteiger partial charge in [0.2, 0.25) is 0 Å². The number of nitrogens with zero attached hydrogens (tertiary/aromatic N) is 3. The van der Waals surface area contributed by atoms with Crippen LogP contribution in [0.4, 0.5) is 0 Å². The van der Waals surface area contributed by atoms with Crippen LogP contribution in [0.2, 0.25) is 0 Å². The van der Waals surface area contributed by atoms with E-state index in [1.165, 1.54) is 0 Å². The lowest BCUT2D eigenvalue weighted by atomic mass is 9.95. The van der Waals surface area contributed by atoms with Crippen LogP contribution in [0, 0.1) is 5.92 Å². The fraction of sp³-hybridized carbons (Fsp3) is 0.769. The number of aryl methyl sites for hydroxylation is 1. The lowest BCUT2D eigenvalue weighted by Gasteiger charge is -2.24. The van der Waals surface area contributed by atoms with Gasteiger partial charge in [-0.05, 0) is 27.7 Å². The molecule has 0 bridgehead atoms. The summed E-state index contributed by atoms with van der Waals surface area (Å²) in [5.41, 5.74) is -0.456. The highest BCUT2D eigenvalue weighted by molar-refractivity contribution is 5.74. The first kappa shape index (κ1) is 14.0. The van der Waals surface area contributed by atoms with E-state index in [9.17, 15) is 4.79 Å². The van der Waals surface area contributed by atoms with Crippen LogP contribution in [-0.2, 0) is 16.1 Å². The number of rotatable bonds is 3. The molecule has 0 spiro atoms. The third-order valence-corrected chi connectivity index (χ3v) is 3.20. The fourth-order valence-corrected chi connectivity index (χ4v) is 2.38. The van der Waals surface area contributed by atoms with Gasteiger partial charge in [0.15, 0.2) is 0 Å². The number of carbonyl (C=O) groups excluding carboxylic acids is 1. The van der Waals surface area contributed by atoms with Crippen LogP contribution in [0.15, 0.2) is 6.33 Å². The maximum absolute atomic E-state index is 12.2. The number of aromatic nitrogens is 3. The van der Waals surface area contributed by atoms with Gasteiger partial charge < -0.3 is 10.1 Å². The zero-order chi connectivity index (χ0) is 14.0. The van der Waals surface area contributed by atoms with Crippen molar-refractivity contribution in [2.24, 2.45) is 5.92 Å². The summed E-state index contributed by atoms with van der Waals surface area (Å²) in [4.78, 5) is 16.5. The van der Waals surface area contributed by atoms with E-state index in [1.807, 2.05) is 32.4 Å². The van der Waals surface area contributed by atoms with E-state index in [2.05, 4.69) is 15.4 Å². The average Bonchev–Trinajstić information content (AvgIpc) is 2.94. The van der Waals surface area contributed by atoms with E-state index < -0.39 is 5.60 Å². The standard InChI is InChI=1S/C13H22N4O2/c1-5-17-11(15-8-16-17)9-6-14-7-10(9)12(18)19-13(2,3)4/h8-10,14H,5-7H2,1-4H3. The van der Waals surface area contributed by atoms with E-state index in [1.54, 1.807) is 6.33 Å². The Morgan fingerprint density at radius 2 is 2.26 bits per heavy atom. The Labute approximate surface area is 113 Å². The van der Waals surface area contributed by atoms with E-state index in [-0.39, 0.29) is 17.8 Å². The molecule has 1 aliphatic rings. The molecule has 6 heteroatoms. The number of hydrogen-bond donors (Lipinski definition) is 1. The predicted octanol–water partition coefficient (Wildman–Crippen LogP) is 0.943. The highest BCUT2D eigenvalue weighted by atomic mass is 16.6. The van der Waals surface area contributed by atoms with Crippen LogP contribution in [0.1, 0.15) is 39.4 Å². The summed E-state index contributed by atoms with van der Waals surface area (Å²) in [5, 5.41) is 7.42. The molecule has 6 nitrogen and oxygen atoms in total. The molecule has 2 unspecified atom stereocenters. The Hall–Kier alpha value is -1.43. The third kappa shape index (κ3) is 3.12. The number of esters is 1. The van der Waals surface area contributed by atoms with Gasteiger partial charge in [-0.3, -0.25) is 9.48 Å². The van der Waals surface area contributed by atoms with Crippen molar-refractivity contribution >= 4 is 5.97 Å². The number of nitrogens with one attached hydrogen (secondary N) is 1. The van der Waals surface area contributed by atoms with Crippen molar-refractivity contribution in [2.45, 2.75) is 45.8 Å². The largest absolute Gasteiger partial charge is 0.460 e. The molecule has 0 aliphatic carbocycles. The Morgan fingerprint density at radius 1 is 1.53 bits per heavy atom. The minimum Gasteiger partial charge on any atom is -0.460 e. The van der Waals surface area contributed by atoms with Crippen molar-refractivity contribution in [1.82, 2.24) is 20.1 Å². The molecule has 1 aliphatic heterocycles. The minimum absolute atomic E-state index is 0.0392. The average molecular weight is 266 g/mol. The van der Waals surface area contributed by atoms with Crippen molar-refractivity contribution in [1.29, 1.82) is 0 Å². The van der Waals surface area contributed by atoms with E-state index in [0.717, 1.165) is 18.9 Å². The van der Waals surface area contributed by atoms with Crippen LogP contribution < -0.4 is 5.32 Å². The highest BCUT2D eigenvalue weighted by Gasteiger charge is 2.39. The molecule has 2 rings (SSSR count). The normalized spacial score (nSPS) is 23.6. The molecule has 0 aromatic carbocycles. The van der Waals surface area contributed by atoms with E-state index in [0.29, 0.717) is 6.54 Å². The van der Waals surface area contributed by atoms with Crippen molar-refractivity contribution < 1.29 is 9.53 Å². The van der Waals surface area contributed by atoms with Gasteiger partial charge in [-0.15, -0.1) is 0 Å². The Balaban J connectivity index is 2.15. The molecule has 2 atom stereocenters. The summed E-state index contributed by atoms with van der Waals surface area (Å²) < 4.78 is 7.33. The van der Waals surface area contributed by atoms with Gasteiger partial charge in [0.05, 0.1) is 5.92 Å². The molecule has 0 saturated carbocycles. The second-order valence-electron chi connectivity index (χ2n) is 5.84. The summed E-state index contributed by atoms with van der Waals surface area (Å²) in [7, 11) is 0. The SMILES string of the molecule is CCn1ncnc1C1CNCC1C(=O)OC(C)(C)C. The number of carbonyl (C=O) groups is 1. The van der Waals surface area contributed by atoms with Gasteiger partial charge in [0.25, 0.3) is 0 Å². The molecule has 1 fully saturated rings. The van der Waals surface area contributed by atoms with Crippen LogP contribution in [0.5, 0.6) is 0 Å². The molecular weight excluding hydrogens is 244 g/mol. The van der Waals surface area contributed by atoms with Crippen molar-refractivity contribution in [3.8, 4) is 0 Å². The fourth-order valence-electron chi connectivity index (χ4n) is 2.38. The van der Waals surface area contributed by atoms with E-state index in [4.69, 9.17) is 4.74 Å². The van der Waals surface area contributed by atoms with Crippen LogP contribution in [0.25, 0.3) is 0 Å². The smallest absolute Gasteiger partial charge is 0.311 e. The van der Waals surface area contributed by atoms with Gasteiger partial charge in [-0.1, -0.05) is 0 Å². The topological polar surface area (TPSA) is 69.0 Å². The summed E-state index contributed by atoms with van der Waals surface area (Å²) >= 11 is 0. The Kier molecular flexibility index (Phi) is 3.89. The second-order valence-corrected chi connectivity index (χ2v) is 5.84. The summed E-state index contributed by atoms with van der Waals surface area (Å²) in [5.74, 6) is 0.558. The maximum Gasteiger partial charge on any atom is 0.311 e. The van der Waals surface area contributed by atoms with Crippen molar-refractivity contribution in [2.75, 3.05) is 13.1 Å². The zero-order valence-electron chi connectivity index (χ0n) is 12.0. The Bertz CT molecular complexity index is 450. The lowest BCUT2D eigenvalue weighted by Crippen LogP contribution is -2.32. The van der Waals surface area contributed by atoms with Crippen LogP contribution in [0.3, 0.4) is 0 Å². The summed E-state index contributed by atoms with van der Waals surface area (Å²) in [6, 6.07) is 0. The molecule has 0 radical (unpaired) electrons. The molecule has 1 aromatic heterocycles. The second kappa shape index (κ2) is 5.28. The number of ether oxygens (including phenoxy) is 1. The van der Waals surface area contributed by atoms with Crippen molar-refractivity contribution in [3.05, 3.63) is 12.2 Å². The molecule has 106 valence electrons. The minimum atomic E-state index is -0.456. The highest BCUT2D eigenvalue weighted by Crippen LogP contribution is 2.28. The van der Waals surface area contributed by atoms with Gasteiger partial charge in [-0.25, -0.2) is 4.98 Å². The molecule has 2 heterocycles. The molecule has 1 aromatic rings. The summed E-state index contributed by atoms with van der Waals surface area (Å²) in [6.45, 7) is 9.80. The monoisotopic (exact) mass is 266 g/mol. The predicted molar refractivity (Wildman–Crippen MR) is 70.6 cm³/mol. The first-order chi connectivity index (χ1) is 8.92. The first-order valence-corrected chi connectivity index (χ1v) is 6.73. The molecule has 19 heavy (non-hydrogen) atoms.